The number of esters is 1. The van der Waals surface area contributed by atoms with Gasteiger partial charge in [0.05, 0.1) is 113 Å². The number of aromatic nitrogens is 8. The number of methoxy groups -OCH3 is 3. The minimum absolute atomic E-state index is 0.00138. The van der Waals surface area contributed by atoms with E-state index in [1.165, 1.54) is 35.5 Å². The number of carbonyl (C=O) groups excluding carboxylic acids is 11. The van der Waals surface area contributed by atoms with Crippen molar-refractivity contribution in [1.82, 2.24) is 46.3 Å². The highest BCUT2D eigenvalue weighted by molar-refractivity contribution is 6.09. The number of hydrogen-bond donors (Lipinski definition) is 7. The predicted octanol–water partition coefficient (Wildman–Crippen LogP) is 10.7. The number of unbranched alkanes of at least 4 members (excludes halogenated alkanes) is 2. The molecule has 0 aliphatic carbocycles. The van der Waals surface area contributed by atoms with E-state index in [0.717, 1.165) is 70.1 Å². The summed E-state index contributed by atoms with van der Waals surface area (Å²) in [5.74, 6) is -5.43. The summed E-state index contributed by atoms with van der Waals surface area (Å²) in [5.41, 5.74) is 4.32. The van der Waals surface area contributed by atoms with Crippen molar-refractivity contribution in [3.8, 4) is 23.0 Å². The van der Waals surface area contributed by atoms with E-state index < -0.39 is 68.3 Å². The van der Waals surface area contributed by atoms with Gasteiger partial charge in [-0.25, -0.2) is 9.59 Å². The Bertz CT molecular complexity index is 5830. The number of anilines is 6. The van der Waals surface area contributed by atoms with E-state index in [1.54, 1.807) is 170 Å². The zero-order valence-electron chi connectivity index (χ0n) is 73.2. The zero-order chi connectivity index (χ0) is 92.9. The van der Waals surface area contributed by atoms with E-state index in [-0.39, 0.29) is 121 Å². The van der Waals surface area contributed by atoms with Gasteiger partial charge in [-0.15, -0.1) is 0 Å². The molecule has 0 bridgehead atoms. The Balaban J connectivity index is 0.000000287. The first-order chi connectivity index (χ1) is 60.2. The molecule has 0 saturated heterocycles. The number of aryl methyl sites for hydroxylation is 8. The maximum absolute atomic E-state index is 13.5. The van der Waals surface area contributed by atoms with Gasteiger partial charge in [0.2, 0.25) is 11.8 Å². The molecule has 127 heavy (non-hydrogen) atoms. The number of nitrogens with one attached hydrogen (secondary N) is 6. The molecule has 8 aromatic heterocycles. The predicted molar refractivity (Wildman–Crippen MR) is 469 cm³/mol. The van der Waals surface area contributed by atoms with Gasteiger partial charge in [0.1, 0.15) is 33.9 Å². The van der Waals surface area contributed by atoms with Gasteiger partial charge in [0.25, 0.3) is 35.0 Å². The van der Waals surface area contributed by atoms with Crippen LogP contribution < -0.4 is 50.8 Å². The minimum atomic E-state index is -1.50. The molecule has 2 aromatic carbocycles. The average Bonchev–Trinajstić information content (AvgIpc) is 1.79. The van der Waals surface area contributed by atoms with Crippen LogP contribution in [0.2, 0.25) is 0 Å². The van der Waals surface area contributed by atoms with Gasteiger partial charge in [0, 0.05) is 157 Å². The number of benzene rings is 2. The summed E-state index contributed by atoms with van der Waals surface area (Å²) in [6.45, 7) is 1.75. The number of Topliss-reactive ketones (excluding diaryl/α,β-unsaturated/α-hetero) is 4. The minimum Gasteiger partial charge on any atom is -0.493 e. The molecule has 674 valence electrons. The first kappa shape index (κ1) is 95.9. The highest BCUT2D eigenvalue weighted by Crippen LogP contribution is 2.37. The molecule has 0 radical (unpaired) electrons. The lowest BCUT2D eigenvalue weighted by molar-refractivity contribution is -0.385. The van der Waals surface area contributed by atoms with Crippen molar-refractivity contribution in [3.63, 3.8) is 0 Å². The van der Waals surface area contributed by atoms with Gasteiger partial charge >= 0.3 is 11.9 Å². The Hall–Kier alpha value is -15.0. The van der Waals surface area contributed by atoms with E-state index in [4.69, 9.17) is 18.9 Å². The number of nitro groups is 2. The number of hydrogen-bond acceptors (Lipinski definition) is 23. The molecule has 6 amide bonds. The molecule has 10 rings (SSSR count). The third-order valence-electron chi connectivity index (χ3n) is 20.3. The summed E-state index contributed by atoms with van der Waals surface area (Å²) < 4.78 is 39.1. The monoisotopic (exact) mass is 1750 g/mol. The molecule has 10 aromatic rings. The second-order valence-electron chi connectivity index (χ2n) is 30.8. The number of rotatable bonds is 44. The van der Waals surface area contributed by atoms with Gasteiger partial charge in [-0.3, -0.25) is 68.2 Å². The van der Waals surface area contributed by atoms with Crippen LogP contribution in [0, 0.1) is 20.2 Å². The van der Waals surface area contributed by atoms with E-state index in [1.807, 2.05) is 28.2 Å². The van der Waals surface area contributed by atoms with Crippen LogP contribution in [0.15, 0.2) is 122 Å². The third kappa shape index (κ3) is 25.6. The number of amides is 6. The Kier molecular flexibility index (Phi) is 32.8. The van der Waals surface area contributed by atoms with Crippen LogP contribution in [0.4, 0.5) is 45.5 Å². The second-order valence-corrected chi connectivity index (χ2v) is 30.8. The quantitative estimate of drug-likeness (QED) is 0.00613. The van der Waals surface area contributed by atoms with Gasteiger partial charge in [0.15, 0.2) is 46.1 Å². The van der Waals surface area contributed by atoms with Crippen LogP contribution in [0.1, 0.15) is 180 Å². The number of nitro benzene ring substituents is 2. The lowest BCUT2D eigenvalue weighted by Crippen LogP contribution is -2.15. The Morgan fingerprint density at radius 3 is 0.961 bits per heavy atom. The fourth-order valence-electron chi connectivity index (χ4n) is 14.0. The summed E-state index contributed by atoms with van der Waals surface area (Å²) in [6.07, 6.45) is 17.7. The maximum Gasteiger partial charge on any atom is 0.345 e. The first-order valence-electron chi connectivity index (χ1n) is 40.1. The second kappa shape index (κ2) is 43.4. The van der Waals surface area contributed by atoms with Crippen molar-refractivity contribution in [3.05, 3.63) is 210 Å². The summed E-state index contributed by atoms with van der Waals surface area (Å²) in [5, 5.41) is 48.9. The van der Waals surface area contributed by atoms with Crippen molar-refractivity contribution < 1.29 is 96.2 Å². The van der Waals surface area contributed by atoms with E-state index in [0.29, 0.717) is 92.3 Å². The molecule has 0 fully saturated rings. The highest BCUT2D eigenvalue weighted by Gasteiger charge is 2.30. The summed E-state index contributed by atoms with van der Waals surface area (Å²) >= 11 is 0. The topological polar surface area (TPSA) is 476 Å². The van der Waals surface area contributed by atoms with Crippen molar-refractivity contribution in [2.75, 3.05) is 108 Å². The van der Waals surface area contributed by atoms with Gasteiger partial charge in [-0.2, -0.15) is 0 Å². The molecule has 40 nitrogen and oxygen atoms in total. The molecule has 0 saturated carbocycles. The van der Waals surface area contributed by atoms with Crippen molar-refractivity contribution >= 4 is 116 Å². The SMILES string of the molecule is COC(=O)c1cc(OC)c(OCCCC(=O)Nc2cc(C(=O)Nc3cc(C(=O)Cc4cc(C(=O)Nc5cc(C(=O)CCCCN(C)C)n(C)c5)n(C)c4)n(C)c3)n(C)c2)cc1[N+](=O)[O-].COc1cc(C(=O)O)c([N+](=O)[O-])cc1OCCCC(=O)Nc1cc(C(=O)Nc2cc(C(=O)Cc3cc(C(=O)Nc4cc(C(=O)CCCCN(C)C)n(C)c4)n(C)c3)n(C)c2)n(C)c1. The van der Waals surface area contributed by atoms with Crippen LogP contribution in [-0.4, -0.2) is 208 Å². The standard InChI is InChI=1S/C44H53N9O11.C43H51N9O11/c1-48(2)14-10-9-12-37(54)33-18-29(25-50(33)4)46-42(57)35-16-27(23-49(35)3)17-38(55)34-19-30(26-51(34)5)47-43(58)36-20-28(24-52(36)6)45-41(56)13-11-15-64-40-22-32(53(60)61)31(44(59)63-8)21-39(40)62-7;1-47(2)13-9-8-11-36(53)32-17-28(24-49(32)4)45-41(56)34-15-26(22-48(34)3)16-37(54)33-18-29(25-50(33)5)46-42(57)35-19-27(23-51(35)6)44-40(55)12-10-14-63-39-21-31(52(60)61)30(43(58)59)20-38(39)62-7/h16,18-26H,9-15,17H2,1-8H3,(H,45,56)(H,46,57)(H,47,58);15,17-25H,8-14,16H2,1-7H3,(H,44,55)(H,45,56)(H,46,57)(H,58,59). The molecular formula is C87H104N18O22. The van der Waals surface area contributed by atoms with E-state index in [2.05, 4.69) is 46.4 Å². The van der Waals surface area contributed by atoms with Crippen LogP contribution in [0.25, 0.3) is 0 Å². The largest absolute Gasteiger partial charge is 0.493 e. The Morgan fingerprint density at radius 2 is 0.646 bits per heavy atom. The van der Waals surface area contributed by atoms with Crippen molar-refractivity contribution in [1.29, 1.82) is 0 Å². The number of nitrogens with zero attached hydrogens (tertiary/aromatic N) is 12. The number of carboxylic acids is 1. The maximum atomic E-state index is 13.5. The van der Waals surface area contributed by atoms with Gasteiger partial charge < -0.3 is 107 Å². The van der Waals surface area contributed by atoms with Crippen LogP contribution >= 0.6 is 0 Å². The molecule has 0 aliphatic rings. The molecule has 7 N–H and O–H groups in total. The van der Waals surface area contributed by atoms with Crippen molar-refractivity contribution in [2.24, 2.45) is 56.4 Å². The first-order valence-corrected chi connectivity index (χ1v) is 40.1. The molecular weight excluding hydrogens is 1650 g/mol. The Labute approximate surface area is 729 Å². The van der Waals surface area contributed by atoms with Crippen LogP contribution in [-0.2, 0) is 83.5 Å². The van der Waals surface area contributed by atoms with Gasteiger partial charge in [-0.05, 0) is 139 Å². The molecule has 0 aliphatic heterocycles. The number of ketones is 4. The summed E-state index contributed by atoms with van der Waals surface area (Å²) in [7, 11) is 25.2. The lowest BCUT2D eigenvalue weighted by atomic mass is 10.1. The molecule has 8 heterocycles. The molecule has 40 heteroatoms. The van der Waals surface area contributed by atoms with Crippen molar-refractivity contribution in [2.45, 2.75) is 77.0 Å². The lowest BCUT2D eigenvalue weighted by Gasteiger charge is -2.12. The molecule has 0 spiro atoms. The molecule has 0 unspecified atom stereocenters. The van der Waals surface area contributed by atoms with E-state index >= 15 is 0 Å². The van der Waals surface area contributed by atoms with Crippen LogP contribution in [0.5, 0.6) is 23.0 Å². The normalized spacial score (nSPS) is 11.0. The number of carbonyl (C=O) groups is 12. The molecule has 0 atom stereocenters. The van der Waals surface area contributed by atoms with Crippen LogP contribution in [0.3, 0.4) is 0 Å². The summed E-state index contributed by atoms with van der Waals surface area (Å²) in [6, 6.07) is 16.9. The average molecular weight is 1750 g/mol. The number of aromatic carboxylic acids is 1. The number of ether oxygens (including phenoxy) is 5. The highest BCUT2D eigenvalue weighted by atomic mass is 16.6. The zero-order valence-corrected chi connectivity index (χ0v) is 73.2. The number of carboxylic acid groups (broad SMARTS) is 1. The smallest absolute Gasteiger partial charge is 0.345 e. The summed E-state index contributed by atoms with van der Waals surface area (Å²) in [4.78, 5) is 180. The van der Waals surface area contributed by atoms with E-state index in [9.17, 15) is 82.9 Å². The fraction of sp³-hybridized carbons (Fsp3) is 0.356. The third-order valence-corrected chi connectivity index (χ3v) is 20.3. The Morgan fingerprint density at radius 1 is 0.354 bits per heavy atom. The fourth-order valence-corrected chi connectivity index (χ4v) is 14.0. The van der Waals surface area contributed by atoms with Gasteiger partial charge in [-0.1, -0.05) is 0 Å².